The van der Waals surface area contributed by atoms with Gasteiger partial charge in [-0.3, -0.25) is 4.79 Å². The molecule has 0 heterocycles. The van der Waals surface area contributed by atoms with Crippen LogP contribution in [0.1, 0.15) is 91.9 Å². The Bertz CT molecular complexity index is 193. The van der Waals surface area contributed by atoms with Crippen molar-refractivity contribution in [1.82, 2.24) is 5.32 Å². The Morgan fingerprint density at radius 2 is 1.40 bits per heavy atom. The van der Waals surface area contributed by atoms with Gasteiger partial charge in [-0.1, -0.05) is 79.1 Å². The summed E-state index contributed by atoms with van der Waals surface area (Å²) in [5.41, 5.74) is 5.79. The summed E-state index contributed by atoms with van der Waals surface area (Å²) in [6.07, 6.45) is 11.6. The van der Waals surface area contributed by atoms with Crippen LogP contribution in [0.15, 0.2) is 0 Å². The lowest BCUT2D eigenvalue weighted by molar-refractivity contribution is -0.122. The van der Waals surface area contributed by atoms with Crippen LogP contribution in [-0.4, -0.2) is 18.5 Å². The van der Waals surface area contributed by atoms with Crippen molar-refractivity contribution in [1.29, 1.82) is 0 Å². The molecule has 0 spiro atoms. The van der Waals surface area contributed by atoms with Gasteiger partial charge in [0.25, 0.3) is 0 Å². The molecular formula is C17H38N2O. The molecule has 0 saturated heterocycles. The zero-order chi connectivity index (χ0) is 15.6. The molecule has 0 aromatic heterocycles. The van der Waals surface area contributed by atoms with E-state index >= 15 is 0 Å². The number of hydrogen-bond donors (Lipinski definition) is 2. The summed E-state index contributed by atoms with van der Waals surface area (Å²) in [5.74, 6) is 0.0209. The molecule has 0 aliphatic heterocycles. The predicted octanol–water partition coefficient (Wildman–Crippen LogP) is 4.40. The molecule has 3 nitrogen and oxygen atoms in total. The summed E-state index contributed by atoms with van der Waals surface area (Å²) < 4.78 is 0. The molecule has 0 saturated carbocycles. The summed E-state index contributed by atoms with van der Waals surface area (Å²) in [7, 11) is 0. The molecule has 122 valence electrons. The van der Waals surface area contributed by atoms with Crippen LogP contribution in [0.3, 0.4) is 0 Å². The van der Waals surface area contributed by atoms with Gasteiger partial charge >= 0.3 is 0 Å². The van der Waals surface area contributed by atoms with Gasteiger partial charge in [0.2, 0.25) is 5.91 Å². The molecule has 1 atom stereocenters. The monoisotopic (exact) mass is 286 g/mol. The van der Waals surface area contributed by atoms with Gasteiger partial charge in [0.15, 0.2) is 0 Å². The lowest BCUT2D eigenvalue weighted by atomic mass is 10.1. The van der Waals surface area contributed by atoms with Gasteiger partial charge in [0.05, 0.1) is 6.04 Å². The maximum absolute atomic E-state index is 11.5. The molecule has 0 aromatic carbocycles. The molecular weight excluding hydrogens is 248 g/mol. The second kappa shape index (κ2) is 18.4. The van der Waals surface area contributed by atoms with Crippen molar-refractivity contribution in [3.05, 3.63) is 0 Å². The zero-order valence-electron chi connectivity index (χ0n) is 14.3. The first-order valence-electron chi connectivity index (χ1n) is 8.67. The van der Waals surface area contributed by atoms with E-state index in [1.165, 1.54) is 38.5 Å². The second-order valence-electron chi connectivity index (χ2n) is 5.45. The van der Waals surface area contributed by atoms with Crippen molar-refractivity contribution >= 4 is 5.91 Å². The number of rotatable bonds is 11. The van der Waals surface area contributed by atoms with Crippen LogP contribution >= 0.6 is 0 Å². The highest BCUT2D eigenvalue weighted by Crippen LogP contribution is 2.02. The van der Waals surface area contributed by atoms with E-state index in [9.17, 15) is 4.79 Å². The molecule has 1 amide bonds. The van der Waals surface area contributed by atoms with Crippen LogP contribution < -0.4 is 11.1 Å². The van der Waals surface area contributed by atoms with Gasteiger partial charge in [-0.05, 0) is 12.8 Å². The number of carbonyl (C=O) groups excluding carboxylic acids is 1. The van der Waals surface area contributed by atoms with Crippen LogP contribution in [0, 0.1) is 0 Å². The van der Waals surface area contributed by atoms with Gasteiger partial charge in [0.1, 0.15) is 0 Å². The van der Waals surface area contributed by atoms with Crippen molar-refractivity contribution in [3.8, 4) is 0 Å². The first-order valence-corrected chi connectivity index (χ1v) is 8.67. The first-order chi connectivity index (χ1) is 9.63. The van der Waals surface area contributed by atoms with E-state index in [0.717, 1.165) is 32.2 Å². The predicted molar refractivity (Wildman–Crippen MR) is 89.9 cm³/mol. The molecule has 0 rings (SSSR count). The smallest absolute Gasteiger partial charge is 0.236 e. The van der Waals surface area contributed by atoms with Crippen molar-refractivity contribution in [2.45, 2.75) is 97.9 Å². The normalized spacial score (nSPS) is 11.4. The number of carbonyl (C=O) groups is 1. The third kappa shape index (κ3) is 17.4. The highest BCUT2D eigenvalue weighted by molar-refractivity contribution is 5.81. The Kier molecular flexibility index (Phi) is 20.0. The Hall–Kier alpha value is -0.570. The van der Waals surface area contributed by atoms with Crippen LogP contribution in [0.5, 0.6) is 0 Å². The van der Waals surface area contributed by atoms with E-state index in [-0.39, 0.29) is 11.9 Å². The fraction of sp³-hybridized carbons (Fsp3) is 0.941. The molecule has 3 N–H and O–H groups in total. The Morgan fingerprint density at radius 3 is 1.90 bits per heavy atom. The molecule has 0 fully saturated rings. The molecule has 20 heavy (non-hydrogen) atoms. The van der Waals surface area contributed by atoms with Crippen LogP contribution in [0.2, 0.25) is 0 Å². The SMILES string of the molecule is CCCC.CCCCCCNC(=O)C(N)CCCCC. The van der Waals surface area contributed by atoms with E-state index in [1.54, 1.807) is 0 Å². The van der Waals surface area contributed by atoms with Gasteiger partial charge in [-0.2, -0.15) is 0 Å². The van der Waals surface area contributed by atoms with Crippen LogP contribution in [0.4, 0.5) is 0 Å². The molecule has 0 aromatic rings. The third-order valence-corrected chi connectivity index (χ3v) is 3.29. The third-order valence-electron chi connectivity index (χ3n) is 3.29. The summed E-state index contributed by atoms with van der Waals surface area (Å²) in [6, 6.07) is -0.308. The molecule has 1 unspecified atom stereocenters. The highest BCUT2D eigenvalue weighted by atomic mass is 16.2. The average molecular weight is 287 g/mol. The van der Waals surface area contributed by atoms with Crippen molar-refractivity contribution in [2.24, 2.45) is 5.73 Å². The van der Waals surface area contributed by atoms with Gasteiger partial charge in [0, 0.05) is 6.54 Å². The largest absolute Gasteiger partial charge is 0.355 e. The average Bonchev–Trinajstić information content (AvgIpc) is 2.47. The summed E-state index contributed by atoms with van der Waals surface area (Å²) >= 11 is 0. The molecule has 0 bridgehead atoms. The van der Waals surface area contributed by atoms with Crippen molar-refractivity contribution in [2.75, 3.05) is 6.54 Å². The number of nitrogens with one attached hydrogen (secondary N) is 1. The Labute approximate surface area is 127 Å². The molecule has 0 aliphatic rings. The summed E-state index contributed by atoms with van der Waals surface area (Å²) in [6.45, 7) is 9.47. The molecule has 0 radical (unpaired) electrons. The topological polar surface area (TPSA) is 55.1 Å². The maximum Gasteiger partial charge on any atom is 0.236 e. The number of hydrogen-bond acceptors (Lipinski definition) is 2. The number of nitrogens with two attached hydrogens (primary N) is 1. The van der Waals surface area contributed by atoms with E-state index < -0.39 is 0 Å². The number of amides is 1. The van der Waals surface area contributed by atoms with E-state index in [2.05, 4.69) is 33.0 Å². The minimum Gasteiger partial charge on any atom is -0.355 e. The fourth-order valence-corrected chi connectivity index (χ4v) is 1.64. The summed E-state index contributed by atoms with van der Waals surface area (Å²) in [5, 5.41) is 2.90. The Morgan fingerprint density at radius 1 is 0.850 bits per heavy atom. The first kappa shape index (κ1) is 21.7. The van der Waals surface area contributed by atoms with Crippen LogP contribution in [-0.2, 0) is 4.79 Å². The van der Waals surface area contributed by atoms with Crippen molar-refractivity contribution < 1.29 is 4.79 Å². The lowest BCUT2D eigenvalue weighted by Crippen LogP contribution is -2.40. The zero-order valence-corrected chi connectivity index (χ0v) is 14.3. The lowest BCUT2D eigenvalue weighted by Gasteiger charge is -2.11. The van der Waals surface area contributed by atoms with Gasteiger partial charge < -0.3 is 11.1 Å². The number of unbranched alkanes of at least 4 members (excludes halogenated alkanes) is 6. The maximum atomic E-state index is 11.5. The standard InChI is InChI=1S/C13H28N2O.C4H10/c1-3-5-7-9-11-15-13(16)12(14)10-8-6-4-2;1-3-4-2/h12H,3-11,14H2,1-2H3,(H,15,16);3-4H2,1-2H3. The van der Waals surface area contributed by atoms with Crippen LogP contribution in [0.25, 0.3) is 0 Å². The minimum atomic E-state index is -0.308. The quantitative estimate of drug-likeness (QED) is 0.553. The summed E-state index contributed by atoms with van der Waals surface area (Å²) in [4.78, 5) is 11.5. The minimum absolute atomic E-state index is 0.0209. The second-order valence-corrected chi connectivity index (χ2v) is 5.45. The molecule has 0 aliphatic carbocycles. The van der Waals surface area contributed by atoms with E-state index in [0.29, 0.717) is 0 Å². The fourth-order valence-electron chi connectivity index (χ4n) is 1.64. The van der Waals surface area contributed by atoms with E-state index in [1.807, 2.05) is 0 Å². The van der Waals surface area contributed by atoms with Gasteiger partial charge in [-0.15, -0.1) is 0 Å². The highest BCUT2D eigenvalue weighted by Gasteiger charge is 2.11. The van der Waals surface area contributed by atoms with Crippen molar-refractivity contribution in [3.63, 3.8) is 0 Å². The molecule has 3 heteroatoms. The Balaban J connectivity index is 0. The van der Waals surface area contributed by atoms with E-state index in [4.69, 9.17) is 5.73 Å². The van der Waals surface area contributed by atoms with Gasteiger partial charge in [-0.25, -0.2) is 0 Å².